The maximum absolute atomic E-state index is 5.34. The van der Waals surface area contributed by atoms with Crippen LogP contribution < -0.4 is 9.47 Å². The molecule has 108 valence electrons. The van der Waals surface area contributed by atoms with Crippen molar-refractivity contribution in [1.82, 2.24) is 0 Å². The lowest BCUT2D eigenvalue weighted by Crippen LogP contribution is -1.85. The normalized spacial score (nSPS) is 11.2. The minimum absolute atomic E-state index is 0.883. The number of hydrogen-bond donors (Lipinski definition) is 0. The van der Waals surface area contributed by atoms with Crippen LogP contribution in [0.25, 0.3) is 32.3 Å². The Balaban J connectivity index is 2.08. The van der Waals surface area contributed by atoms with Crippen LogP contribution in [-0.2, 0) is 0 Å². The topological polar surface area (TPSA) is 18.5 Å². The first-order valence-electron chi connectivity index (χ1n) is 7.27. The quantitative estimate of drug-likeness (QED) is 0.374. The fourth-order valence-electron chi connectivity index (χ4n) is 3.02. The Morgan fingerprint density at radius 2 is 1.09 bits per heavy atom. The van der Waals surface area contributed by atoms with Crippen molar-refractivity contribution in [1.29, 1.82) is 0 Å². The third kappa shape index (κ3) is 1.96. The van der Waals surface area contributed by atoms with Crippen molar-refractivity contribution in [2.45, 2.75) is 0 Å². The van der Waals surface area contributed by atoms with E-state index in [2.05, 4.69) is 48.5 Å². The van der Waals surface area contributed by atoms with E-state index in [-0.39, 0.29) is 0 Å². The second-order valence-corrected chi connectivity index (χ2v) is 5.44. The molecule has 0 amide bonds. The number of fused-ring (bicyclic) bond motifs is 4. The van der Waals surface area contributed by atoms with E-state index in [9.17, 15) is 0 Å². The van der Waals surface area contributed by atoms with Crippen LogP contribution in [0.2, 0.25) is 0 Å². The summed E-state index contributed by atoms with van der Waals surface area (Å²) < 4.78 is 10.7. The minimum Gasteiger partial charge on any atom is -0.497 e. The van der Waals surface area contributed by atoms with E-state index in [1.54, 1.807) is 14.2 Å². The highest BCUT2D eigenvalue weighted by Gasteiger charge is 2.05. The average Bonchev–Trinajstić information content (AvgIpc) is 2.58. The van der Waals surface area contributed by atoms with Crippen LogP contribution in [-0.4, -0.2) is 14.2 Å². The maximum Gasteiger partial charge on any atom is 0.119 e. The summed E-state index contributed by atoms with van der Waals surface area (Å²) in [6.45, 7) is 0. The molecule has 0 atom stereocenters. The molecule has 0 N–H and O–H groups in total. The highest BCUT2D eigenvalue weighted by molar-refractivity contribution is 6.12. The van der Waals surface area contributed by atoms with Gasteiger partial charge in [-0.15, -0.1) is 0 Å². The standard InChI is InChI=1S/C20H16O2/c1-21-17-6-5-13-9-14-3-4-15-10-18(22-2)7-8-19(15)20(14)12-16(13)11-17/h3-12H,1-2H3. The van der Waals surface area contributed by atoms with Crippen molar-refractivity contribution in [2.75, 3.05) is 14.2 Å². The van der Waals surface area contributed by atoms with Gasteiger partial charge in [0.05, 0.1) is 14.2 Å². The van der Waals surface area contributed by atoms with Crippen LogP contribution in [0.5, 0.6) is 11.5 Å². The first kappa shape index (κ1) is 13.0. The monoisotopic (exact) mass is 288 g/mol. The smallest absolute Gasteiger partial charge is 0.119 e. The van der Waals surface area contributed by atoms with E-state index in [0.717, 1.165) is 11.5 Å². The maximum atomic E-state index is 5.34. The molecule has 0 aromatic heterocycles. The zero-order chi connectivity index (χ0) is 15.1. The predicted molar refractivity (Wildman–Crippen MR) is 92.1 cm³/mol. The molecule has 0 aliphatic carbocycles. The van der Waals surface area contributed by atoms with Crippen molar-refractivity contribution >= 4 is 32.3 Å². The van der Waals surface area contributed by atoms with E-state index in [0.29, 0.717) is 0 Å². The Kier molecular flexibility index (Phi) is 2.90. The second-order valence-electron chi connectivity index (χ2n) is 5.44. The molecular weight excluding hydrogens is 272 g/mol. The summed E-state index contributed by atoms with van der Waals surface area (Å²) in [6.07, 6.45) is 0. The Labute approximate surface area is 128 Å². The highest BCUT2D eigenvalue weighted by atomic mass is 16.5. The van der Waals surface area contributed by atoms with Gasteiger partial charge < -0.3 is 9.47 Å². The third-order valence-corrected chi connectivity index (χ3v) is 4.21. The summed E-state index contributed by atoms with van der Waals surface area (Å²) in [4.78, 5) is 0. The lowest BCUT2D eigenvalue weighted by atomic mass is 9.98. The van der Waals surface area contributed by atoms with Crippen LogP contribution in [0, 0.1) is 0 Å². The van der Waals surface area contributed by atoms with Crippen molar-refractivity contribution in [3.8, 4) is 11.5 Å². The molecule has 0 aliphatic rings. The molecule has 0 radical (unpaired) electrons. The minimum atomic E-state index is 0.883. The van der Waals surface area contributed by atoms with E-state index in [1.165, 1.54) is 32.3 Å². The van der Waals surface area contributed by atoms with Crippen LogP contribution in [0.3, 0.4) is 0 Å². The van der Waals surface area contributed by atoms with Gasteiger partial charge in [0.2, 0.25) is 0 Å². The summed E-state index contributed by atoms with van der Waals surface area (Å²) >= 11 is 0. The number of methoxy groups -OCH3 is 2. The third-order valence-electron chi connectivity index (χ3n) is 4.21. The summed E-state index contributed by atoms with van der Waals surface area (Å²) in [5.41, 5.74) is 0. The van der Waals surface area contributed by atoms with Crippen molar-refractivity contribution < 1.29 is 9.47 Å². The van der Waals surface area contributed by atoms with E-state index >= 15 is 0 Å². The van der Waals surface area contributed by atoms with E-state index in [4.69, 9.17) is 9.47 Å². The molecule has 2 heteroatoms. The average molecular weight is 288 g/mol. The molecule has 4 aromatic carbocycles. The summed E-state index contributed by atoms with van der Waals surface area (Å²) in [6, 6.07) is 21.2. The van der Waals surface area contributed by atoms with Crippen LogP contribution >= 0.6 is 0 Å². The Morgan fingerprint density at radius 1 is 0.500 bits per heavy atom. The molecule has 0 unspecified atom stereocenters. The van der Waals surface area contributed by atoms with Crippen molar-refractivity contribution in [3.05, 3.63) is 60.7 Å². The molecule has 0 aliphatic heterocycles. The van der Waals surface area contributed by atoms with Crippen molar-refractivity contribution in [2.24, 2.45) is 0 Å². The molecule has 0 heterocycles. The Bertz CT molecular complexity index is 1000. The molecule has 0 bridgehead atoms. The Morgan fingerprint density at radius 3 is 1.82 bits per heavy atom. The van der Waals surface area contributed by atoms with E-state index in [1.807, 2.05) is 12.1 Å². The molecule has 2 nitrogen and oxygen atoms in total. The van der Waals surface area contributed by atoms with Gasteiger partial charge in [0.1, 0.15) is 11.5 Å². The number of hydrogen-bond acceptors (Lipinski definition) is 2. The highest BCUT2D eigenvalue weighted by Crippen LogP contribution is 2.32. The van der Waals surface area contributed by atoms with Gasteiger partial charge in [-0.2, -0.15) is 0 Å². The van der Waals surface area contributed by atoms with Gasteiger partial charge in [0, 0.05) is 0 Å². The van der Waals surface area contributed by atoms with Gasteiger partial charge in [-0.3, -0.25) is 0 Å². The second kappa shape index (κ2) is 4.92. The summed E-state index contributed by atoms with van der Waals surface area (Å²) in [5.74, 6) is 1.77. The molecule has 0 spiro atoms. The lowest BCUT2D eigenvalue weighted by molar-refractivity contribution is 0.415. The number of benzene rings is 4. The molecule has 22 heavy (non-hydrogen) atoms. The molecular formula is C20H16O2. The summed E-state index contributed by atoms with van der Waals surface area (Å²) in [5, 5.41) is 7.34. The molecule has 0 fully saturated rings. The first-order chi connectivity index (χ1) is 10.8. The van der Waals surface area contributed by atoms with Crippen LogP contribution in [0.4, 0.5) is 0 Å². The van der Waals surface area contributed by atoms with Gasteiger partial charge in [0.25, 0.3) is 0 Å². The molecule has 4 aromatic rings. The largest absolute Gasteiger partial charge is 0.497 e. The van der Waals surface area contributed by atoms with Gasteiger partial charge in [-0.05, 0) is 68.7 Å². The molecule has 0 saturated carbocycles. The fourth-order valence-corrected chi connectivity index (χ4v) is 3.02. The van der Waals surface area contributed by atoms with Gasteiger partial charge in [0.15, 0.2) is 0 Å². The number of rotatable bonds is 2. The molecule has 0 saturated heterocycles. The van der Waals surface area contributed by atoms with Gasteiger partial charge in [-0.1, -0.05) is 24.3 Å². The van der Waals surface area contributed by atoms with Gasteiger partial charge in [-0.25, -0.2) is 0 Å². The van der Waals surface area contributed by atoms with Gasteiger partial charge >= 0.3 is 0 Å². The Hall–Kier alpha value is -2.74. The SMILES string of the molecule is COc1ccc2cc3ccc4cc(OC)ccc4c3cc2c1. The van der Waals surface area contributed by atoms with Crippen LogP contribution in [0.1, 0.15) is 0 Å². The summed E-state index contributed by atoms with van der Waals surface area (Å²) in [7, 11) is 3.39. The fraction of sp³-hybridized carbons (Fsp3) is 0.100. The predicted octanol–water partition coefficient (Wildman–Crippen LogP) is 5.16. The van der Waals surface area contributed by atoms with Crippen LogP contribution in [0.15, 0.2) is 60.7 Å². The van der Waals surface area contributed by atoms with Crippen molar-refractivity contribution in [3.63, 3.8) is 0 Å². The number of ether oxygens (including phenoxy) is 2. The zero-order valence-corrected chi connectivity index (χ0v) is 12.6. The lowest BCUT2D eigenvalue weighted by Gasteiger charge is -2.09. The zero-order valence-electron chi connectivity index (χ0n) is 12.6. The van der Waals surface area contributed by atoms with E-state index < -0.39 is 0 Å². The first-order valence-corrected chi connectivity index (χ1v) is 7.27. The molecule has 4 rings (SSSR count).